The molecule has 6 aromatic heterocycles. The van der Waals surface area contributed by atoms with E-state index in [0.717, 1.165) is 59.0 Å². The lowest BCUT2D eigenvalue weighted by Gasteiger charge is -1.97. The molecule has 328 valence electrons. The van der Waals surface area contributed by atoms with Crippen LogP contribution in [0, 0.1) is 48.5 Å². The van der Waals surface area contributed by atoms with E-state index >= 15 is 0 Å². The van der Waals surface area contributed by atoms with Gasteiger partial charge < -0.3 is 30.4 Å². The van der Waals surface area contributed by atoms with Gasteiger partial charge in [-0.1, -0.05) is 88.4 Å². The Morgan fingerprint density at radius 1 is 0.547 bits per heavy atom. The van der Waals surface area contributed by atoms with E-state index in [-0.39, 0.29) is 0 Å². The summed E-state index contributed by atoms with van der Waals surface area (Å²) in [5, 5.41) is 8.00. The zero-order chi connectivity index (χ0) is 45.9. The second-order valence-electron chi connectivity index (χ2n) is 15.5. The number of nitrogens with one attached hydrogen (secondary N) is 4. The van der Waals surface area contributed by atoms with Crippen LogP contribution in [0.5, 0.6) is 5.75 Å². The minimum atomic E-state index is 0.647. The van der Waals surface area contributed by atoms with Gasteiger partial charge in [0.1, 0.15) is 17.2 Å². The first kappa shape index (κ1) is 47.3. The molecule has 6 N–H and O–H groups in total. The van der Waals surface area contributed by atoms with Crippen LogP contribution >= 0.6 is 46.3 Å². The lowest BCUT2D eigenvalue weighted by Crippen LogP contribution is -1.83. The van der Waals surface area contributed by atoms with Crippen molar-refractivity contribution in [1.29, 1.82) is 0 Å². The van der Waals surface area contributed by atoms with E-state index in [1.54, 1.807) is 13.3 Å². The van der Waals surface area contributed by atoms with Gasteiger partial charge in [0.15, 0.2) is 0 Å². The van der Waals surface area contributed by atoms with Crippen molar-refractivity contribution in [3.63, 3.8) is 0 Å². The number of aromatic nitrogens is 6. The number of ether oxygens (including phenoxy) is 1. The van der Waals surface area contributed by atoms with Crippen molar-refractivity contribution in [2.45, 2.75) is 48.5 Å². The van der Waals surface area contributed by atoms with Crippen molar-refractivity contribution in [3.05, 3.63) is 188 Å². The van der Waals surface area contributed by atoms with Crippen LogP contribution in [-0.2, 0) is 0 Å². The van der Waals surface area contributed by atoms with Crippen LogP contribution in [0.3, 0.4) is 0 Å². The molecule has 8 nitrogen and oxygen atoms in total. The third kappa shape index (κ3) is 12.9. The predicted octanol–water partition coefficient (Wildman–Crippen LogP) is 15.8. The molecule has 11 aromatic rings. The molecule has 11 rings (SSSR count). The maximum Gasteiger partial charge on any atom is 0.144 e. The van der Waals surface area contributed by atoms with Crippen LogP contribution < -0.4 is 10.5 Å². The number of hydrogen-bond donors (Lipinski definition) is 5. The van der Waals surface area contributed by atoms with Gasteiger partial charge in [-0.05, 0) is 149 Å². The molecule has 0 aliphatic heterocycles. The zero-order valence-corrected chi connectivity index (χ0v) is 40.2. The van der Waals surface area contributed by atoms with Gasteiger partial charge >= 0.3 is 0 Å². The van der Waals surface area contributed by atoms with Crippen LogP contribution in [0.25, 0.3) is 53.8 Å². The third-order valence-corrected chi connectivity index (χ3v) is 11.6. The number of aryl methyl sites for hydroxylation is 7. The Hall–Kier alpha value is -6.23. The summed E-state index contributed by atoms with van der Waals surface area (Å²) in [5.74, 6) is 1.56. The van der Waals surface area contributed by atoms with Gasteiger partial charge in [0, 0.05) is 78.5 Å². The molecule has 0 aliphatic carbocycles. The van der Waals surface area contributed by atoms with E-state index in [1.807, 2.05) is 86.9 Å². The monoisotopic (exact) mass is 927 g/mol. The third-order valence-electron chi connectivity index (χ3n) is 10.0. The van der Waals surface area contributed by atoms with Gasteiger partial charge in [-0.15, -0.1) is 0 Å². The van der Waals surface area contributed by atoms with E-state index < -0.39 is 0 Å². The van der Waals surface area contributed by atoms with Crippen molar-refractivity contribution in [2.75, 3.05) is 12.8 Å². The molecule has 0 radical (unpaired) electrons. The van der Waals surface area contributed by atoms with Gasteiger partial charge in [0.05, 0.1) is 21.9 Å². The molecule has 5 aromatic carbocycles. The Balaban J connectivity index is 0.000000128. The van der Waals surface area contributed by atoms with E-state index in [0.29, 0.717) is 10.8 Å². The summed E-state index contributed by atoms with van der Waals surface area (Å²) >= 11 is 18.9. The highest BCUT2D eigenvalue weighted by Gasteiger charge is 2.02. The Kier molecular flexibility index (Phi) is 16.2. The first-order chi connectivity index (χ1) is 30.6. The number of rotatable bonds is 1. The average molecular weight is 929 g/mol. The Labute approximate surface area is 392 Å². The molecular weight excluding hydrogens is 877 g/mol. The largest absolute Gasteiger partial charge is 0.497 e. The highest BCUT2D eigenvalue weighted by Crippen LogP contribution is 2.26. The predicted molar refractivity (Wildman–Crippen MR) is 276 cm³/mol. The van der Waals surface area contributed by atoms with Gasteiger partial charge in [-0.2, -0.15) is 4.37 Å². The fourth-order valence-corrected chi connectivity index (χ4v) is 7.96. The number of aromatic amines is 4. The normalized spacial score (nSPS) is 10.5. The first-order valence-electron chi connectivity index (χ1n) is 20.5. The Morgan fingerprint density at radius 2 is 1.14 bits per heavy atom. The molecule has 0 spiro atoms. The second-order valence-corrected chi connectivity index (χ2v) is 17.6. The number of H-pyrrole nitrogens is 4. The number of hydrogen-bond acceptors (Lipinski definition) is 5. The molecule has 6 heterocycles. The van der Waals surface area contributed by atoms with Crippen LogP contribution in [0.2, 0.25) is 15.1 Å². The number of nitrogen functional groups attached to an aromatic ring is 1. The molecule has 0 atom stereocenters. The summed E-state index contributed by atoms with van der Waals surface area (Å²) in [6, 6.07) is 38.6. The van der Waals surface area contributed by atoms with E-state index in [2.05, 4.69) is 119 Å². The molecule has 0 unspecified atom stereocenters. The van der Waals surface area contributed by atoms with Gasteiger partial charge in [0.2, 0.25) is 0 Å². The first-order valence-corrected chi connectivity index (χ1v) is 22.4. The molecular formula is C52H52Cl3N7OS. The molecule has 64 heavy (non-hydrogen) atoms. The second kappa shape index (κ2) is 21.9. The van der Waals surface area contributed by atoms with E-state index in [9.17, 15) is 0 Å². The van der Waals surface area contributed by atoms with Crippen molar-refractivity contribution < 1.29 is 4.74 Å². The number of pyridine rings is 1. The fraction of sp³-hybridized carbons (Fsp3) is 0.154. The van der Waals surface area contributed by atoms with Crippen LogP contribution in [0.1, 0.15) is 39.2 Å². The smallest absolute Gasteiger partial charge is 0.144 e. The lowest BCUT2D eigenvalue weighted by molar-refractivity contribution is 0.414. The average Bonchev–Trinajstić information content (AvgIpc) is 4.10. The molecule has 0 bridgehead atoms. The number of nitrogens with two attached hydrogens (primary N) is 1. The minimum absolute atomic E-state index is 0.647. The quantitative estimate of drug-likeness (QED) is 0.112. The van der Waals surface area contributed by atoms with Crippen LogP contribution in [-0.4, -0.2) is 36.4 Å². The molecule has 0 amide bonds. The molecule has 0 fully saturated rings. The molecule has 0 saturated carbocycles. The van der Waals surface area contributed by atoms with Gasteiger partial charge in [-0.3, -0.25) is 0 Å². The molecule has 12 heteroatoms. The number of nitrogens with zero attached hydrogens (tertiary/aromatic N) is 2. The Morgan fingerprint density at radius 3 is 1.86 bits per heavy atom. The number of fused-ring (bicyclic) bond motifs is 5. The van der Waals surface area contributed by atoms with Crippen molar-refractivity contribution in [2.24, 2.45) is 0 Å². The number of anilines is 1. The summed E-state index contributed by atoms with van der Waals surface area (Å²) in [5.41, 5.74) is 18.7. The van der Waals surface area contributed by atoms with Crippen molar-refractivity contribution >= 4 is 106 Å². The number of halogens is 3. The fourth-order valence-electron chi connectivity index (χ4n) is 6.71. The summed E-state index contributed by atoms with van der Waals surface area (Å²) in [4.78, 5) is 16.8. The molecule has 0 aliphatic rings. The van der Waals surface area contributed by atoms with Crippen LogP contribution in [0.15, 0.2) is 134 Å². The summed E-state index contributed by atoms with van der Waals surface area (Å²) in [7, 11) is 1.67. The standard InChI is InChI=1S/C10H11N.2C9H8ClN.C8H7ClN2.C8H8N2S.C8H10O/c1-7-3-4-9-8(2)6-11-10(9)5-7;1-6-4-7-5-8(10)2-3-9(7)11-6;1-6-2-3-7-8(10)5-11-9(7)4-6;1-5-2-6-3-7(9)4-10-8(6)11-5;1-5-2-3-7-6(4-5)8(9)10-11-7;1-7-3-5-8(9-2)6-4-7/h3-6,11H,1-2H3;2*2-5,11H,1H3;2-4H,1H3,(H,10,11);2-4H,1H3,(H2,9,10);3-6H,1-2H3. The highest BCUT2D eigenvalue weighted by atomic mass is 35.5. The topological polar surface area (TPSA) is 124 Å². The van der Waals surface area contributed by atoms with Gasteiger partial charge in [0.25, 0.3) is 0 Å². The summed E-state index contributed by atoms with van der Waals surface area (Å²) in [6.07, 6.45) is 5.50. The number of benzene rings is 5. The van der Waals surface area contributed by atoms with Crippen LogP contribution in [0.4, 0.5) is 5.82 Å². The van der Waals surface area contributed by atoms with E-state index in [4.69, 9.17) is 45.3 Å². The Bertz CT molecular complexity index is 3070. The maximum absolute atomic E-state index is 5.89. The highest BCUT2D eigenvalue weighted by molar-refractivity contribution is 7.13. The minimum Gasteiger partial charge on any atom is -0.497 e. The zero-order valence-electron chi connectivity index (χ0n) is 37.1. The SMILES string of the molecule is COc1ccc(C)cc1.Cc1cc2cc(Cl)ccc2[nH]1.Cc1cc2cc(Cl)cnc2[nH]1.Cc1ccc2c(C)c[nH]c2c1.Cc1ccc2c(Cl)c[nH]c2c1.Cc1ccc2snc(N)c2c1. The maximum atomic E-state index is 5.89. The van der Waals surface area contributed by atoms with Crippen molar-refractivity contribution in [1.82, 2.24) is 29.3 Å². The number of methoxy groups -OCH3 is 1. The summed E-state index contributed by atoms with van der Waals surface area (Å²) < 4.78 is 10.2. The van der Waals surface area contributed by atoms with E-state index in [1.165, 1.54) is 61.3 Å². The van der Waals surface area contributed by atoms with Crippen molar-refractivity contribution in [3.8, 4) is 5.75 Å². The molecule has 0 saturated heterocycles. The van der Waals surface area contributed by atoms with Gasteiger partial charge in [-0.25, -0.2) is 4.98 Å². The summed E-state index contributed by atoms with van der Waals surface area (Å²) in [6.45, 7) is 14.4. The lowest BCUT2D eigenvalue weighted by atomic mass is 10.1.